The van der Waals surface area contributed by atoms with E-state index in [1.54, 1.807) is 6.07 Å². The smallest absolute Gasteiger partial charge is 0.257 e. The number of nitrogens with two attached hydrogens (primary N) is 1. The number of aromatic nitrogens is 3. The Morgan fingerprint density at radius 3 is 2.41 bits per heavy atom. The van der Waals surface area contributed by atoms with Crippen molar-refractivity contribution in [2.45, 2.75) is 6.54 Å². The van der Waals surface area contributed by atoms with Crippen LogP contribution in [0.1, 0.15) is 21.5 Å². The maximum Gasteiger partial charge on any atom is 0.257 e. The van der Waals surface area contributed by atoms with Gasteiger partial charge in [-0.1, -0.05) is 42.5 Å². The molecule has 0 aliphatic rings. The average molecular weight is 452 g/mol. The normalized spacial score (nSPS) is 11.4. The van der Waals surface area contributed by atoms with Crippen LogP contribution in [0, 0.1) is 0 Å². The van der Waals surface area contributed by atoms with Crippen molar-refractivity contribution >= 4 is 40.1 Å². The molecule has 2 aromatic heterocycles. The number of hydrogen-bond acceptors (Lipinski definition) is 7. The highest BCUT2D eigenvalue weighted by Crippen LogP contribution is 2.28. The Kier molecular flexibility index (Phi) is 5.27. The summed E-state index contributed by atoms with van der Waals surface area (Å²) in [7, 11) is 0. The number of anilines is 1. The fourth-order valence-electron chi connectivity index (χ4n) is 3.60. The van der Waals surface area contributed by atoms with Gasteiger partial charge in [0.2, 0.25) is 0 Å². The van der Waals surface area contributed by atoms with Gasteiger partial charge >= 0.3 is 0 Å². The Morgan fingerprint density at radius 2 is 1.68 bits per heavy atom. The van der Waals surface area contributed by atoms with Crippen LogP contribution in [0.2, 0.25) is 0 Å². The van der Waals surface area contributed by atoms with E-state index in [1.165, 1.54) is 23.0 Å². The molecular formula is C25H20N6O3. The molecule has 0 aliphatic carbocycles. The fraction of sp³-hybridized carbons (Fsp3) is 0.0400. The minimum atomic E-state index is -0.396. The summed E-state index contributed by atoms with van der Waals surface area (Å²) >= 11 is 0. The summed E-state index contributed by atoms with van der Waals surface area (Å²) in [6.07, 6.45) is 1.44. The largest absolute Gasteiger partial charge is 0.504 e. The van der Waals surface area contributed by atoms with Crippen LogP contribution in [0.25, 0.3) is 22.2 Å². The van der Waals surface area contributed by atoms with E-state index >= 15 is 0 Å². The Hall–Kier alpha value is -4.92. The van der Waals surface area contributed by atoms with E-state index in [-0.39, 0.29) is 22.9 Å². The number of nitrogens with zero attached hydrogens (tertiary/aromatic N) is 4. The first-order valence-corrected chi connectivity index (χ1v) is 10.5. The van der Waals surface area contributed by atoms with Gasteiger partial charge in [0, 0.05) is 6.54 Å². The first-order valence-electron chi connectivity index (χ1n) is 10.5. The molecule has 0 spiro atoms. The first kappa shape index (κ1) is 21.0. The van der Waals surface area contributed by atoms with E-state index in [2.05, 4.69) is 20.4 Å². The van der Waals surface area contributed by atoms with Crippen molar-refractivity contribution in [1.29, 1.82) is 0 Å². The lowest BCUT2D eigenvalue weighted by Gasteiger charge is -2.05. The predicted octanol–water partition coefficient (Wildman–Crippen LogP) is 3.39. The van der Waals surface area contributed by atoms with Crippen molar-refractivity contribution in [2.24, 2.45) is 5.10 Å². The summed E-state index contributed by atoms with van der Waals surface area (Å²) in [5.74, 6) is -0.832. The maximum absolute atomic E-state index is 13.2. The summed E-state index contributed by atoms with van der Waals surface area (Å²) in [5.41, 5.74) is 9.92. The third-order valence-corrected chi connectivity index (χ3v) is 5.32. The van der Waals surface area contributed by atoms with Gasteiger partial charge in [-0.25, -0.2) is 9.97 Å². The minimum absolute atomic E-state index is 0.0788. The third-order valence-electron chi connectivity index (χ3n) is 5.32. The molecular weight excluding hydrogens is 432 g/mol. The maximum atomic E-state index is 13.2. The highest BCUT2D eigenvalue weighted by Gasteiger charge is 2.24. The zero-order chi connectivity index (χ0) is 23.7. The second kappa shape index (κ2) is 8.55. The van der Waals surface area contributed by atoms with Gasteiger partial charge in [0.05, 0.1) is 17.2 Å². The van der Waals surface area contributed by atoms with Gasteiger partial charge in [-0.05, 0) is 41.5 Å². The number of amides is 1. The van der Waals surface area contributed by atoms with Gasteiger partial charge in [0.15, 0.2) is 17.1 Å². The Bertz CT molecular complexity index is 1560. The summed E-state index contributed by atoms with van der Waals surface area (Å²) in [6.45, 7) is 0.322. The Morgan fingerprint density at radius 1 is 0.971 bits per heavy atom. The number of para-hydroxylation sites is 2. The number of phenols is 2. The van der Waals surface area contributed by atoms with E-state index < -0.39 is 5.91 Å². The van der Waals surface area contributed by atoms with Crippen LogP contribution >= 0.6 is 0 Å². The van der Waals surface area contributed by atoms with Gasteiger partial charge < -0.3 is 21.3 Å². The quantitative estimate of drug-likeness (QED) is 0.238. The number of hydrogen-bond donors (Lipinski definition) is 4. The SMILES string of the molecule is Nc1c(C(=O)NCc2ccccc2)c2nc3ccccc3nc2n1/N=C/c1ccc(O)c(O)c1. The zero-order valence-electron chi connectivity index (χ0n) is 17.9. The number of rotatable bonds is 5. The minimum Gasteiger partial charge on any atom is -0.504 e. The molecule has 5 aromatic rings. The topological polar surface area (TPSA) is 139 Å². The van der Waals surface area contributed by atoms with Crippen molar-refractivity contribution in [3.8, 4) is 11.5 Å². The lowest BCUT2D eigenvalue weighted by atomic mass is 10.2. The van der Waals surface area contributed by atoms with Crippen molar-refractivity contribution in [3.05, 3.63) is 89.5 Å². The molecule has 5 rings (SSSR count). The van der Waals surface area contributed by atoms with Crippen LogP contribution in [-0.2, 0) is 6.54 Å². The van der Waals surface area contributed by atoms with Crippen LogP contribution in [0.15, 0.2) is 77.9 Å². The van der Waals surface area contributed by atoms with Gasteiger partial charge in [-0.2, -0.15) is 9.78 Å². The van der Waals surface area contributed by atoms with Crippen molar-refractivity contribution in [2.75, 3.05) is 5.73 Å². The lowest BCUT2D eigenvalue weighted by Crippen LogP contribution is -2.23. The molecule has 0 bridgehead atoms. The van der Waals surface area contributed by atoms with Crippen LogP contribution in [0.3, 0.4) is 0 Å². The molecule has 3 aromatic carbocycles. The Balaban J connectivity index is 1.60. The molecule has 0 atom stereocenters. The average Bonchev–Trinajstić information content (AvgIpc) is 3.12. The highest BCUT2D eigenvalue weighted by atomic mass is 16.3. The molecule has 0 unspecified atom stereocenters. The molecule has 0 aliphatic heterocycles. The Labute approximate surface area is 193 Å². The van der Waals surface area contributed by atoms with E-state index in [4.69, 9.17) is 5.73 Å². The lowest BCUT2D eigenvalue weighted by molar-refractivity contribution is 0.0953. The summed E-state index contributed by atoms with van der Waals surface area (Å²) in [4.78, 5) is 22.5. The van der Waals surface area contributed by atoms with E-state index in [9.17, 15) is 15.0 Å². The van der Waals surface area contributed by atoms with Crippen LogP contribution < -0.4 is 11.1 Å². The molecule has 2 heterocycles. The first-order chi connectivity index (χ1) is 16.5. The molecule has 0 radical (unpaired) electrons. The number of nitrogen functional groups attached to an aromatic ring is 1. The van der Waals surface area contributed by atoms with Crippen LogP contribution in [-0.4, -0.2) is 37.0 Å². The monoisotopic (exact) mass is 452 g/mol. The van der Waals surface area contributed by atoms with Gasteiger partial charge in [0.1, 0.15) is 16.9 Å². The summed E-state index contributed by atoms with van der Waals surface area (Å²) in [6, 6.07) is 21.1. The molecule has 0 saturated carbocycles. The standard InChI is InChI=1S/C25H20N6O3/c26-23-21(25(34)27-13-15-6-2-1-3-7-15)22-24(30-18-9-5-4-8-17(18)29-22)31(23)28-14-16-10-11-19(32)20(33)12-16/h1-12,14,32-33H,13,26H2,(H,27,34)/b28-14+. The number of nitrogens with one attached hydrogen (secondary N) is 1. The fourth-order valence-corrected chi connectivity index (χ4v) is 3.60. The predicted molar refractivity (Wildman–Crippen MR) is 130 cm³/mol. The van der Waals surface area contributed by atoms with Gasteiger partial charge in [0.25, 0.3) is 5.91 Å². The number of fused-ring (bicyclic) bond motifs is 2. The van der Waals surface area contributed by atoms with Crippen LogP contribution in [0.4, 0.5) is 5.82 Å². The highest BCUT2D eigenvalue weighted by molar-refractivity contribution is 6.10. The molecule has 34 heavy (non-hydrogen) atoms. The van der Waals surface area contributed by atoms with E-state index in [0.717, 1.165) is 5.56 Å². The summed E-state index contributed by atoms with van der Waals surface area (Å²) < 4.78 is 1.34. The van der Waals surface area contributed by atoms with Crippen molar-refractivity contribution in [3.63, 3.8) is 0 Å². The van der Waals surface area contributed by atoms with Crippen molar-refractivity contribution in [1.82, 2.24) is 20.0 Å². The molecule has 168 valence electrons. The molecule has 1 amide bonds. The second-order valence-electron chi connectivity index (χ2n) is 7.62. The third kappa shape index (κ3) is 3.86. The molecule has 9 heteroatoms. The second-order valence-corrected chi connectivity index (χ2v) is 7.62. The summed E-state index contributed by atoms with van der Waals surface area (Å²) in [5, 5.41) is 26.6. The molecule has 9 nitrogen and oxygen atoms in total. The van der Waals surface area contributed by atoms with Gasteiger partial charge in [-0.3, -0.25) is 4.79 Å². The number of carbonyl (C=O) groups is 1. The number of benzene rings is 3. The molecule has 0 saturated heterocycles. The van der Waals surface area contributed by atoms with Crippen molar-refractivity contribution < 1.29 is 15.0 Å². The molecule has 5 N–H and O–H groups in total. The molecule has 0 fully saturated rings. The van der Waals surface area contributed by atoms with Crippen LogP contribution in [0.5, 0.6) is 11.5 Å². The number of phenolic OH excluding ortho intramolecular Hbond substituents is 2. The number of carbonyl (C=O) groups excluding carboxylic acids is 1. The van der Waals surface area contributed by atoms with E-state index in [0.29, 0.717) is 34.3 Å². The van der Waals surface area contributed by atoms with Gasteiger partial charge in [-0.15, -0.1) is 0 Å². The van der Waals surface area contributed by atoms with E-state index in [1.807, 2.05) is 54.6 Å². The number of aromatic hydroxyl groups is 2. The zero-order valence-corrected chi connectivity index (χ0v) is 17.9.